The number of rotatable bonds is 5. The van der Waals surface area contributed by atoms with Gasteiger partial charge in [-0.2, -0.15) is 0 Å². The van der Waals surface area contributed by atoms with Crippen molar-refractivity contribution in [2.45, 2.75) is 25.0 Å². The minimum atomic E-state index is -0.0103. The number of ether oxygens (including phenoxy) is 1. The van der Waals surface area contributed by atoms with Crippen molar-refractivity contribution in [2.24, 2.45) is 11.8 Å². The molecule has 3 aromatic rings. The average Bonchev–Trinajstić information content (AvgIpc) is 2.78. The summed E-state index contributed by atoms with van der Waals surface area (Å²) < 4.78 is 6.67. The molecule has 3 aliphatic rings. The van der Waals surface area contributed by atoms with E-state index in [9.17, 15) is 0 Å². The van der Waals surface area contributed by atoms with E-state index in [-0.39, 0.29) is 6.10 Å². The van der Waals surface area contributed by atoms with E-state index in [1.807, 2.05) is 30.5 Å². The van der Waals surface area contributed by atoms with Crippen LogP contribution in [0.25, 0.3) is 10.9 Å². The highest BCUT2D eigenvalue weighted by Crippen LogP contribution is 2.43. The van der Waals surface area contributed by atoms with Crippen LogP contribution in [-0.4, -0.2) is 29.0 Å². The lowest BCUT2D eigenvalue weighted by Crippen LogP contribution is -2.55. The first-order valence-corrected chi connectivity index (χ1v) is 10.3. The summed E-state index contributed by atoms with van der Waals surface area (Å²) >= 11 is 0. The number of pyridine rings is 1. The molecule has 3 nitrogen and oxygen atoms in total. The van der Waals surface area contributed by atoms with Gasteiger partial charge < -0.3 is 4.74 Å². The van der Waals surface area contributed by atoms with E-state index >= 15 is 0 Å². The maximum atomic E-state index is 6.67. The van der Waals surface area contributed by atoms with E-state index in [1.54, 1.807) is 0 Å². The molecule has 6 rings (SSSR count). The van der Waals surface area contributed by atoms with Crippen LogP contribution in [0.2, 0.25) is 0 Å². The number of para-hydroxylation sites is 2. The summed E-state index contributed by atoms with van der Waals surface area (Å²) in [4.78, 5) is 7.19. The van der Waals surface area contributed by atoms with Gasteiger partial charge in [0.2, 0.25) is 0 Å². The van der Waals surface area contributed by atoms with Gasteiger partial charge in [-0.15, -0.1) is 6.58 Å². The fourth-order valence-corrected chi connectivity index (χ4v) is 5.05. The van der Waals surface area contributed by atoms with Gasteiger partial charge in [-0.05, 0) is 55.5 Å². The first kappa shape index (κ1) is 17.4. The Balaban J connectivity index is 1.57. The summed E-state index contributed by atoms with van der Waals surface area (Å²) in [6.07, 6.45) is 6.49. The van der Waals surface area contributed by atoms with Crippen LogP contribution < -0.4 is 4.74 Å². The lowest BCUT2D eigenvalue weighted by molar-refractivity contribution is -0.0357. The maximum Gasteiger partial charge on any atom is 0.140 e. The number of aromatic nitrogens is 1. The van der Waals surface area contributed by atoms with Crippen molar-refractivity contribution in [1.29, 1.82) is 0 Å². The Morgan fingerprint density at radius 1 is 1.07 bits per heavy atom. The molecular formula is C25H26N2O. The lowest BCUT2D eigenvalue weighted by Gasteiger charge is -2.51. The third kappa shape index (κ3) is 3.10. The van der Waals surface area contributed by atoms with Crippen LogP contribution in [0.3, 0.4) is 0 Å². The molecule has 2 aromatic carbocycles. The third-order valence-electron chi connectivity index (χ3n) is 6.50. The van der Waals surface area contributed by atoms with Gasteiger partial charge in [-0.1, -0.05) is 42.5 Å². The van der Waals surface area contributed by atoms with Gasteiger partial charge in [0.15, 0.2) is 0 Å². The van der Waals surface area contributed by atoms with Gasteiger partial charge in [0.05, 0.1) is 11.6 Å². The molecule has 142 valence electrons. The Morgan fingerprint density at radius 2 is 1.89 bits per heavy atom. The van der Waals surface area contributed by atoms with Crippen molar-refractivity contribution in [3.05, 3.63) is 85.1 Å². The van der Waals surface area contributed by atoms with Crippen molar-refractivity contribution in [2.75, 3.05) is 13.1 Å². The highest BCUT2D eigenvalue weighted by atomic mass is 16.5. The molecule has 4 heterocycles. The number of benzene rings is 2. The predicted octanol–water partition coefficient (Wildman–Crippen LogP) is 5.25. The van der Waals surface area contributed by atoms with Crippen LogP contribution in [0, 0.1) is 11.8 Å². The molecule has 0 spiro atoms. The van der Waals surface area contributed by atoms with Gasteiger partial charge >= 0.3 is 0 Å². The Kier molecular flexibility index (Phi) is 4.61. The summed E-state index contributed by atoms with van der Waals surface area (Å²) in [7, 11) is 0. The van der Waals surface area contributed by atoms with E-state index in [4.69, 9.17) is 4.74 Å². The molecule has 3 aliphatic heterocycles. The van der Waals surface area contributed by atoms with Crippen LogP contribution in [0.5, 0.6) is 5.75 Å². The fraction of sp³-hybridized carbons (Fsp3) is 0.320. The monoisotopic (exact) mass is 370 g/mol. The highest BCUT2D eigenvalue weighted by Gasteiger charge is 2.43. The first-order valence-electron chi connectivity index (χ1n) is 10.3. The molecule has 0 aliphatic carbocycles. The van der Waals surface area contributed by atoms with Crippen molar-refractivity contribution in [3.63, 3.8) is 0 Å². The zero-order valence-corrected chi connectivity index (χ0v) is 16.1. The molecule has 28 heavy (non-hydrogen) atoms. The largest absolute Gasteiger partial charge is 0.484 e. The molecule has 1 aromatic heterocycles. The SMILES string of the molecule is C=C[C@H]1CN2CC[C@@H]1C[C@H]2[C@H](Oc1ccccc1)c1ccnc2ccccc12. The molecule has 3 fully saturated rings. The van der Waals surface area contributed by atoms with Crippen molar-refractivity contribution in [1.82, 2.24) is 9.88 Å². The molecule has 5 atom stereocenters. The molecule has 0 amide bonds. The predicted molar refractivity (Wildman–Crippen MR) is 113 cm³/mol. The fourth-order valence-electron chi connectivity index (χ4n) is 5.05. The zero-order valence-electron chi connectivity index (χ0n) is 16.1. The van der Waals surface area contributed by atoms with Crippen LogP contribution in [0.15, 0.2) is 79.5 Å². The van der Waals surface area contributed by atoms with E-state index < -0.39 is 0 Å². The van der Waals surface area contributed by atoms with Gasteiger partial charge in [-0.25, -0.2) is 0 Å². The number of fused-ring (bicyclic) bond motifs is 4. The van der Waals surface area contributed by atoms with Crippen LogP contribution in [0.4, 0.5) is 0 Å². The number of hydrogen-bond donors (Lipinski definition) is 0. The summed E-state index contributed by atoms with van der Waals surface area (Å²) in [6, 6.07) is 21.1. The molecule has 0 saturated carbocycles. The topological polar surface area (TPSA) is 25.4 Å². The maximum absolute atomic E-state index is 6.67. The summed E-state index contributed by atoms with van der Waals surface area (Å²) in [5.74, 6) is 2.25. The summed E-state index contributed by atoms with van der Waals surface area (Å²) in [6.45, 7) is 6.32. The second kappa shape index (κ2) is 7.40. The normalized spacial score (nSPS) is 27.4. The Morgan fingerprint density at radius 3 is 2.68 bits per heavy atom. The molecule has 3 saturated heterocycles. The summed E-state index contributed by atoms with van der Waals surface area (Å²) in [5, 5.41) is 1.19. The van der Waals surface area contributed by atoms with E-state index in [1.165, 1.54) is 17.4 Å². The van der Waals surface area contributed by atoms with Crippen molar-refractivity contribution >= 4 is 10.9 Å². The Bertz CT molecular complexity index is 965. The van der Waals surface area contributed by atoms with Gasteiger partial charge in [-0.3, -0.25) is 9.88 Å². The van der Waals surface area contributed by atoms with Gasteiger partial charge in [0.25, 0.3) is 0 Å². The van der Waals surface area contributed by atoms with E-state index in [0.29, 0.717) is 17.9 Å². The molecule has 2 bridgehead atoms. The number of hydrogen-bond acceptors (Lipinski definition) is 3. The minimum absolute atomic E-state index is 0.0103. The average molecular weight is 370 g/mol. The second-order valence-electron chi connectivity index (χ2n) is 8.02. The standard InChI is InChI=1S/C25H26N2O/c1-2-18-17-27-15-13-19(18)16-24(27)25(28-20-8-4-3-5-9-20)22-12-14-26-23-11-7-6-10-21(22)23/h2-12,14,18-19,24-25H,1,13,15-17H2/t18-,19+,24-,25+/m0/s1. The molecule has 0 N–H and O–H groups in total. The quantitative estimate of drug-likeness (QED) is 0.574. The first-order chi connectivity index (χ1) is 13.8. The van der Waals surface area contributed by atoms with Crippen molar-refractivity contribution < 1.29 is 4.74 Å². The Labute approximate surface area is 166 Å². The summed E-state index contributed by atoms with van der Waals surface area (Å²) in [5.41, 5.74) is 2.27. The minimum Gasteiger partial charge on any atom is -0.484 e. The van der Waals surface area contributed by atoms with Gasteiger partial charge in [0.1, 0.15) is 11.9 Å². The molecule has 1 unspecified atom stereocenters. The van der Waals surface area contributed by atoms with Crippen LogP contribution in [0.1, 0.15) is 24.5 Å². The third-order valence-corrected chi connectivity index (χ3v) is 6.50. The van der Waals surface area contributed by atoms with Crippen LogP contribution in [-0.2, 0) is 0 Å². The van der Waals surface area contributed by atoms with E-state index in [2.05, 4.69) is 58.9 Å². The molecule has 3 heteroatoms. The molecular weight excluding hydrogens is 344 g/mol. The Hall–Kier alpha value is -2.65. The van der Waals surface area contributed by atoms with Gasteiger partial charge in [0, 0.05) is 23.7 Å². The van der Waals surface area contributed by atoms with E-state index in [0.717, 1.165) is 30.8 Å². The smallest absolute Gasteiger partial charge is 0.140 e. The second-order valence-corrected chi connectivity index (χ2v) is 8.02. The van der Waals surface area contributed by atoms with Crippen LogP contribution >= 0.6 is 0 Å². The zero-order chi connectivity index (χ0) is 18.9. The van der Waals surface area contributed by atoms with Crippen molar-refractivity contribution in [3.8, 4) is 5.75 Å². The highest BCUT2D eigenvalue weighted by molar-refractivity contribution is 5.82. The lowest BCUT2D eigenvalue weighted by atomic mass is 9.73. The molecule has 0 radical (unpaired) electrons. The number of piperidine rings is 3. The number of nitrogens with zero attached hydrogens (tertiary/aromatic N) is 2.